The summed E-state index contributed by atoms with van der Waals surface area (Å²) in [6.45, 7) is 14.5. The zero-order chi connectivity index (χ0) is 14.3. The lowest BCUT2D eigenvalue weighted by atomic mass is 9.58. The van der Waals surface area contributed by atoms with E-state index in [2.05, 4.69) is 39.9 Å². The third-order valence-electron chi connectivity index (χ3n) is 4.55. The van der Waals surface area contributed by atoms with Gasteiger partial charge in [-0.25, -0.2) is 0 Å². The number of nitrogens with one attached hydrogen (secondary N) is 1. The van der Waals surface area contributed by atoms with E-state index in [1.807, 2.05) is 0 Å². The molecule has 0 aromatic carbocycles. The van der Waals surface area contributed by atoms with Crippen molar-refractivity contribution in [3.05, 3.63) is 0 Å². The molecule has 2 atom stereocenters. The van der Waals surface area contributed by atoms with Crippen LogP contribution >= 0.6 is 0 Å². The highest BCUT2D eigenvalue weighted by atomic mass is 16.5. The molecule has 1 saturated carbocycles. The third kappa shape index (κ3) is 4.17. The summed E-state index contributed by atoms with van der Waals surface area (Å²) in [5.41, 5.74) is 0.341. The van der Waals surface area contributed by atoms with E-state index in [9.17, 15) is 0 Å². The minimum Gasteiger partial charge on any atom is -0.379 e. The standard InChI is InChI=1S/C16H33NO2/c1-6-16(7-2)14(17-8-3)11-15(16)19-10-9-18-12-13(4)5/h13-15,17H,6-12H2,1-5H3. The summed E-state index contributed by atoms with van der Waals surface area (Å²) < 4.78 is 11.7. The van der Waals surface area contributed by atoms with E-state index >= 15 is 0 Å². The highest BCUT2D eigenvalue weighted by Crippen LogP contribution is 2.48. The summed E-state index contributed by atoms with van der Waals surface area (Å²) in [5.74, 6) is 0.604. The summed E-state index contributed by atoms with van der Waals surface area (Å²) in [4.78, 5) is 0. The second-order valence-electron chi connectivity index (χ2n) is 6.11. The zero-order valence-electron chi connectivity index (χ0n) is 13.5. The van der Waals surface area contributed by atoms with Gasteiger partial charge >= 0.3 is 0 Å². The van der Waals surface area contributed by atoms with Gasteiger partial charge in [-0.15, -0.1) is 0 Å². The summed E-state index contributed by atoms with van der Waals surface area (Å²) >= 11 is 0. The fourth-order valence-electron chi connectivity index (χ4n) is 3.28. The second kappa shape index (κ2) is 8.23. The van der Waals surface area contributed by atoms with Crippen molar-refractivity contribution in [1.82, 2.24) is 5.32 Å². The van der Waals surface area contributed by atoms with Gasteiger partial charge in [0.1, 0.15) is 0 Å². The van der Waals surface area contributed by atoms with E-state index in [0.717, 1.165) is 32.8 Å². The SMILES string of the molecule is CCNC1CC(OCCOCC(C)C)C1(CC)CC. The van der Waals surface area contributed by atoms with Gasteiger partial charge < -0.3 is 14.8 Å². The van der Waals surface area contributed by atoms with E-state index in [0.29, 0.717) is 23.5 Å². The first kappa shape index (κ1) is 16.9. The molecule has 0 aromatic rings. The Morgan fingerprint density at radius 1 is 1.16 bits per heavy atom. The minimum atomic E-state index is 0.341. The van der Waals surface area contributed by atoms with Crippen molar-refractivity contribution in [2.24, 2.45) is 11.3 Å². The van der Waals surface area contributed by atoms with Crippen LogP contribution in [0.3, 0.4) is 0 Å². The van der Waals surface area contributed by atoms with Crippen molar-refractivity contribution in [1.29, 1.82) is 0 Å². The van der Waals surface area contributed by atoms with Gasteiger partial charge in [0.2, 0.25) is 0 Å². The average molecular weight is 271 g/mol. The Morgan fingerprint density at radius 2 is 1.84 bits per heavy atom. The average Bonchev–Trinajstić information content (AvgIpc) is 2.37. The Bertz CT molecular complexity index is 239. The lowest BCUT2D eigenvalue weighted by Crippen LogP contribution is -2.63. The van der Waals surface area contributed by atoms with Crippen LogP contribution in [0.1, 0.15) is 53.9 Å². The summed E-state index contributed by atoms with van der Waals surface area (Å²) in [6, 6.07) is 0.633. The summed E-state index contributed by atoms with van der Waals surface area (Å²) in [7, 11) is 0. The predicted molar refractivity (Wildman–Crippen MR) is 80.5 cm³/mol. The number of rotatable bonds is 10. The molecule has 3 heteroatoms. The molecule has 1 aliphatic carbocycles. The van der Waals surface area contributed by atoms with Crippen molar-refractivity contribution in [3.8, 4) is 0 Å². The molecule has 0 bridgehead atoms. The Balaban J connectivity index is 2.30. The smallest absolute Gasteiger partial charge is 0.0704 e. The van der Waals surface area contributed by atoms with Crippen LogP contribution in [0.4, 0.5) is 0 Å². The quantitative estimate of drug-likeness (QED) is 0.619. The summed E-state index contributed by atoms with van der Waals surface area (Å²) in [5, 5.41) is 3.61. The predicted octanol–water partition coefficient (Wildman–Crippen LogP) is 3.23. The molecular weight excluding hydrogens is 238 g/mol. The first-order chi connectivity index (χ1) is 9.10. The van der Waals surface area contributed by atoms with E-state index in [1.165, 1.54) is 12.8 Å². The molecule has 1 aliphatic rings. The van der Waals surface area contributed by atoms with E-state index < -0.39 is 0 Å². The normalized spacial score (nSPS) is 25.6. The third-order valence-corrected chi connectivity index (χ3v) is 4.55. The molecule has 1 fully saturated rings. The molecule has 3 nitrogen and oxygen atoms in total. The highest BCUT2D eigenvalue weighted by Gasteiger charge is 2.52. The van der Waals surface area contributed by atoms with Gasteiger partial charge in [0.25, 0.3) is 0 Å². The lowest BCUT2D eigenvalue weighted by Gasteiger charge is -2.55. The van der Waals surface area contributed by atoms with Crippen molar-refractivity contribution >= 4 is 0 Å². The Labute approximate surface area is 119 Å². The van der Waals surface area contributed by atoms with Crippen LogP contribution in [0.15, 0.2) is 0 Å². The maximum Gasteiger partial charge on any atom is 0.0704 e. The Kier molecular flexibility index (Phi) is 7.33. The molecule has 19 heavy (non-hydrogen) atoms. The van der Waals surface area contributed by atoms with Crippen LogP contribution < -0.4 is 5.32 Å². The van der Waals surface area contributed by atoms with E-state index in [-0.39, 0.29) is 0 Å². The maximum atomic E-state index is 6.07. The largest absolute Gasteiger partial charge is 0.379 e. The molecule has 0 radical (unpaired) electrons. The van der Waals surface area contributed by atoms with Crippen LogP contribution in [-0.2, 0) is 9.47 Å². The zero-order valence-corrected chi connectivity index (χ0v) is 13.5. The molecule has 0 heterocycles. The van der Waals surface area contributed by atoms with Gasteiger partial charge in [-0.2, -0.15) is 0 Å². The molecule has 2 unspecified atom stereocenters. The van der Waals surface area contributed by atoms with Crippen molar-refractivity contribution in [3.63, 3.8) is 0 Å². The minimum absolute atomic E-state index is 0.341. The molecule has 1 rings (SSSR count). The monoisotopic (exact) mass is 271 g/mol. The second-order valence-corrected chi connectivity index (χ2v) is 6.11. The van der Waals surface area contributed by atoms with E-state index in [1.54, 1.807) is 0 Å². The van der Waals surface area contributed by atoms with Gasteiger partial charge in [-0.05, 0) is 31.7 Å². The van der Waals surface area contributed by atoms with Crippen LogP contribution in [-0.4, -0.2) is 38.5 Å². The molecule has 0 spiro atoms. The number of ether oxygens (including phenoxy) is 2. The fourth-order valence-corrected chi connectivity index (χ4v) is 3.28. The van der Waals surface area contributed by atoms with Crippen LogP contribution in [0.5, 0.6) is 0 Å². The van der Waals surface area contributed by atoms with Crippen LogP contribution in [0.25, 0.3) is 0 Å². The lowest BCUT2D eigenvalue weighted by molar-refractivity contribution is -0.148. The first-order valence-electron chi connectivity index (χ1n) is 8.03. The van der Waals surface area contributed by atoms with Crippen molar-refractivity contribution in [2.75, 3.05) is 26.4 Å². The molecule has 1 N–H and O–H groups in total. The van der Waals surface area contributed by atoms with Gasteiger partial charge in [0.05, 0.1) is 19.3 Å². The molecule has 0 amide bonds. The van der Waals surface area contributed by atoms with Crippen molar-refractivity contribution in [2.45, 2.75) is 66.0 Å². The van der Waals surface area contributed by atoms with Gasteiger partial charge in [-0.3, -0.25) is 0 Å². The topological polar surface area (TPSA) is 30.5 Å². The summed E-state index contributed by atoms with van der Waals surface area (Å²) in [6.07, 6.45) is 3.95. The molecule has 0 aliphatic heterocycles. The number of hydrogen-bond acceptors (Lipinski definition) is 3. The molecule has 0 saturated heterocycles. The highest BCUT2D eigenvalue weighted by molar-refractivity contribution is 5.06. The van der Waals surface area contributed by atoms with E-state index in [4.69, 9.17) is 9.47 Å². The fraction of sp³-hybridized carbons (Fsp3) is 1.00. The van der Waals surface area contributed by atoms with Gasteiger partial charge in [0.15, 0.2) is 0 Å². The van der Waals surface area contributed by atoms with Crippen LogP contribution in [0.2, 0.25) is 0 Å². The van der Waals surface area contributed by atoms with Crippen LogP contribution in [0, 0.1) is 11.3 Å². The van der Waals surface area contributed by atoms with Gasteiger partial charge in [-0.1, -0.05) is 34.6 Å². The molecule has 114 valence electrons. The Hall–Kier alpha value is -0.120. The molecular formula is C16H33NO2. The Morgan fingerprint density at radius 3 is 2.37 bits per heavy atom. The number of hydrogen-bond donors (Lipinski definition) is 1. The first-order valence-corrected chi connectivity index (χ1v) is 8.03. The van der Waals surface area contributed by atoms with Gasteiger partial charge in [0, 0.05) is 18.1 Å². The van der Waals surface area contributed by atoms with Crippen molar-refractivity contribution < 1.29 is 9.47 Å². The molecule has 0 aromatic heterocycles. The maximum absolute atomic E-state index is 6.07.